The molecule has 0 aromatic heterocycles. The molecule has 2 rings (SSSR count). The highest BCUT2D eigenvalue weighted by Gasteiger charge is 2.13. The number of esters is 1. The van der Waals surface area contributed by atoms with E-state index < -0.39 is 23.6 Å². The SMILES string of the molecule is CC(=O)Nc1cc(C(=O)Oc2cccc(C(N)=O)c2)ccc1F. The first-order valence-corrected chi connectivity index (χ1v) is 6.56. The maximum Gasteiger partial charge on any atom is 0.343 e. The van der Waals surface area contributed by atoms with Gasteiger partial charge in [0.15, 0.2) is 0 Å². The third kappa shape index (κ3) is 4.13. The molecule has 2 amide bonds. The summed E-state index contributed by atoms with van der Waals surface area (Å²) < 4.78 is 18.7. The van der Waals surface area contributed by atoms with Crippen LogP contribution >= 0.6 is 0 Å². The van der Waals surface area contributed by atoms with E-state index in [9.17, 15) is 18.8 Å². The molecule has 118 valence electrons. The zero-order chi connectivity index (χ0) is 17.0. The quantitative estimate of drug-likeness (QED) is 0.666. The molecule has 0 aliphatic carbocycles. The molecule has 0 fully saturated rings. The molecule has 0 atom stereocenters. The Kier molecular flexibility index (Phi) is 4.70. The lowest BCUT2D eigenvalue weighted by Crippen LogP contribution is -2.13. The van der Waals surface area contributed by atoms with Crippen LogP contribution in [0.15, 0.2) is 42.5 Å². The first-order valence-electron chi connectivity index (χ1n) is 6.56. The van der Waals surface area contributed by atoms with Gasteiger partial charge in [0.25, 0.3) is 0 Å². The largest absolute Gasteiger partial charge is 0.423 e. The maximum atomic E-state index is 13.5. The molecule has 0 saturated carbocycles. The van der Waals surface area contributed by atoms with E-state index in [1.54, 1.807) is 0 Å². The van der Waals surface area contributed by atoms with Crippen LogP contribution in [-0.4, -0.2) is 17.8 Å². The normalized spacial score (nSPS) is 10.0. The number of nitrogens with one attached hydrogen (secondary N) is 1. The molecule has 0 unspecified atom stereocenters. The molecular weight excluding hydrogens is 303 g/mol. The summed E-state index contributed by atoms with van der Waals surface area (Å²) in [6.07, 6.45) is 0. The van der Waals surface area contributed by atoms with E-state index in [0.717, 1.165) is 12.1 Å². The summed E-state index contributed by atoms with van der Waals surface area (Å²) in [5.41, 5.74) is 5.25. The van der Waals surface area contributed by atoms with E-state index in [1.807, 2.05) is 0 Å². The Bertz CT molecular complexity index is 789. The van der Waals surface area contributed by atoms with E-state index in [2.05, 4.69) is 5.32 Å². The molecule has 0 saturated heterocycles. The standard InChI is InChI=1S/C16H13FN2O4/c1-9(20)19-14-8-11(5-6-13(14)17)16(22)23-12-4-2-3-10(7-12)15(18)21/h2-8H,1H3,(H2,18,21)(H,19,20). The van der Waals surface area contributed by atoms with Crippen molar-refractivity contribution in [3.8, 4) is 5.75 Å². The molecule has 6 nitrogen and oxygen atoms in total. The number of hydrogen-bond donors (Lipinski definition) is 2. The van der Waals surface area contributed by atoms with Crippen molar-refractivity contribution >= 4 is 23.5 Å². The van der Waals surface area contributed by atoms with E-state index in [1.165, 1.54) is 37.3 Å². The number of hydrogen-bond acceptors (Lipinski definition) is 4. The summed E-state index contributed by atoms with van der Waals surface area (Å²) >= 11 is 0. The number of benzene rings is 2. The molecule has 7 heteroatoms. The van der Waals surface area contributed by atoms with Crippen molar-refractivity contribution in [2.45, 2.75) is 6.92 Å². The maximum absolute atomic E-state index is 13.5. The van der Waals surface area contributed by atoms with Crippen LogP contribution in [0.1, 0.15) is 27.6 Å². The fourth-order valence-corrected chi connectivity index (χ4v) is 1.82. The second-order valence-corrected chi connectivity index (χ2v) is 4.66. The van der Waals surface area contributed by atoms with E-state index in [0.29, 0.717) is 0 Å². The smallest absolute Gasteiger partial charge is 0.343 e. The number of halogens is 1. The predicted octanol–water partition coefficient (Wildman–Crippen LogP) is 2.10. The Morgan fingerprint density at radius 3 is 2.48 bits per heavy atom. The lowest BCUT2D eigenvalue weighted by atomic mass is 10.2. The van der Waals surface area contributed by atoms with Crippen LogP contribution in [0.4, 0.5) is 10.1 Å². The van der Waals surface area contributed by atoms with E-state index in [4.69, 9.17) is 10.5 Å². The number of nitrogens with two attached hydrogens (primary N) is 1. The summed E-state index contributed by atoms with van der Waals surface area (Å²) in [4.78, 5) is 34.2. The molecule has 0 aliphatic rings. The molecule has 0 heterocycles. The van der Waals surface area contributed by atoms with Crippen LogP contribution in [-0.2, 0) is 4.79 Å². The number of carbonyl (C=O) groups is 3. The van der Waals surface area contributed by atoms with Crippen molar-refractivity contribution in [1.29, 1.82) is 0 Å². The van der Waals surface area contributed by atoms with Crippen molar-refractivity contribution in [3.63, 3.8) is 0 Å². The summed E-state index contributed by atoms with van der Waals surface area (Å²) in [7, 11) is 0. The number of anilines is 1. The third-order valence-corrected chi connectivity index (χ3v) is 2.84. The first kappa shape index (κ1) is 16.2. The van der Waals surface area contributed by atoms with Crippen molar-refractivity contribution < 1.29 is 23.5 Å². The van der Waals surface area contributed by atoms with Gasteiger partial charge in [-0.1, -0.05) is 6.07 Å². The van der Waals surface area contributed by atoms with Crippen LogP contribution in [0, 0.1) is 5.82 Å². The average Bonchev–Trinajstić information content (AvgIpc) is 2.49. The molecule has 0 aliphatic heterocycles. The van der Waals surface area contributed by atoms with Crippen LogP contribution < -0.4 is 15.8 Å². The lowest BCUT2D eigenvalue weighted by Gasteiger charge is -2.08. The number of carbonyl (C=O) groups excluding carboxylic acids is 3. The summed E-state index contributed by atoms with van der Waals surface area (Å²) in [6, 6.07) is 9.21. The zero-order valence-electron chi connectivity index (χ0n) is 12.1. The Morgan fingerprint density at radius 1 is 1.09 bits per heavy atom. The van der Waals surface area contributed by atoms with Gasteiger partial charge in [-0.15, -0.1) is 0 Å². The molecular formula is C16H13FN2O4. The minimum atomic E-state index is -0.766. The Hall–Kier alpha value is -3.22. The Labute approximate surface area is 131 Å². The van der Waals surface area contributed by atoms with Gasteiger partial charge in [-0.05, 0) is 36.4 Å². The predicted molar refractivity (Wildman–Crippen MR) is 80.6 cm³/mol. The van der Waals surface area contributed by atoms with Gasteiger partial charge in [0.1, 0.15) is 11.6 Å². The van der Waals surface area contributed by atoms with Crippen molar-refractivity contribution in [3.05, 3.63) is 59.4 Å². The molecule has 23 heavy (non-hydrogen) atoms. The highest BCUT2D eigenvalue weighted by molar-refractivity contribution is 5.96. The zero-order valence-corrected chi connectivity index (χ0v) is 12.1. The minimum Gasteiger partial charge on any atom is -0.423 e. The van der Waals surface area contributed by atoms with Crippen LogP contribution in [0.25, 0.3) is 0 Å². The topological polar surface area (TPSA) is 98.5 Å². The molecule has 0 spiro atoms. The van der Waals surface area contributed by atoms with Gasteiger partial charge in [0, 0.05) is 12.5 Å². The highest BCUT2D eigenvalue weighted by atomic mass is 19.1. The molecule has 0 bridgehead atoms. The van der Waals surface area contributed by atoms with E-state index in [-0.39, 0.29) is 22.6 Å². The van der Waals surface area contributed by atoms with E-state index >= 15 is 0 Å². The monoisotopic (exact) mass is 316 g/mol. The van der Waals surface area contributed by atoms with Gasteiger partial charge in [0.05, 0.1) is 11.3 Å². The van der Waals surface area contributed by atoms with Crippen LogP contribution in [0.5, 0.6) is 5.75 Å². The molecule has 0 radical (unpaired) electrons. The first-order chi connectivity index (χ1) is 10.9. The minimum absolute atomic E-state index is 0.0413. The van der Waals surface area contributed by atoms with Gasteiger partial charge >= 0.3 is 5.97 Å². The second-order valence-electron chi connectivity index (χ2n) is 4.66. The Morgan fingerprint density at radius 2 is 1.83 bits per heavy atom. The van der Waals surface area contributed by atoms with Gasteiger partial charge in [-0.2, -0.15) is 0 Å². The highest BCUT2D eigenvalue weighted by Crippen LogP contribution is 2.19. The van der Waals surface area contributed by atoms with Gasteiger partial charge in [0.2, 0.25) is 11.8 Å². The van der Waals surface area contributed by atoms with Gasteiger partial charge < -0.3 is 15.8 Å². The average molecular weight is 316 g/mol. The lowest BCUT2D eigenvalue weighted by molar-refractivity contribution is -0.114. The summed E-state index contributed by atoms with van der Waals surface area (Å²) in [6.45, 7) is 1.22. The molecule has 2 aromatic rings. The molecule has 3 N–H and O–H groups in total. The number of amides is 2. The van der Waals surface area contributed by atoms with Crippen LogP contribution in [0.2, 0.25) is 0 Å². The fourth-order valence-electron chi connectivity index (χ4n) is 1.82. The van der Waals surface area contributed by atoms with Crippen molar-refractivity contribution in [2.75, 3.05) is 5.32 Å². The summed E-state index contributed by atoms with van der Waals surface area (Å²) in [5, 5.41) is 2.27. The van der Waals surface area contributed by atoms with Gasteiger partial charge in [-0.3, -0.25) is 9.59 Å². The molecule has 2 aromatic carbocycles. The van der Waals surface area contributed by atoms with Crippen molar-refractivity contribution in [2.24, 2.45) is 5.73 Å². The second kappa shape index (κ2) is 6.69. The third-order valence-electron chi connectivity index (χ3n) is 2.84. The Balaban J connectivity index is 2.22. The van der Waals surface area contributed by atoms with Gasteiger partial charge in [-0.25, -0.2) is 9.18 Å². The summed E-state index contributed by atoms with van der Waals surface area (Å²) in [5.74, 6) is -2.44. The number of primary amides is 1. The number of ether oxygens (including phenoxy) is 1. The van der Waals surface area contributed by atoms with Crippen molar-refractivity contribution in [1.82, 2.24) is 0 Å². The number of rotatable bonds is 4. The fraction of sp³-hybridized carbons (Fsp3) is 0.0625. The van der Waals surface area contributed by atoms with Crippen LogP contribution in [0.3, 0.4) is 0 Å².